The van der Waals surface area contributed by atoms with Gasteiger partial charge >= 0.3 is 0 Å². The van der Waals surface area contributed by atoms with Gasteiger partial charge in [-0.15, -0.1) is 0 Å². The Bertz CT molecular complexity index is 1020. The van der Waals surface area contributed by atoms with Crippen LogP contribution < -0.4 is 5.32 Å². The summed E-state index contributed by atoms with van der Waals surface area (Å²) in [6.45, 7) is 0.570. The average Bonchev–Trinajstić information content (AvgIpc) is 2.85. The molecule has 3 aromatic carbocycles. The van der Waals surface area contributed by atoms with Crippen molar-refractivity contribution in [2.45, 2.75) is 23.9 Å². The molecule has 4 rings (SSSR count). The van der Waals surface area contributed by atoms with Gasteiger partial charge in [0.15, 0.2) is 0 Å². The number of hydrogen-bond acceptors (Lipinski definition) is 4. The first-order chi connectivity index (χ1) is 13.7. The quantitative estimate of drug-likeness (QED) is 0.665. The van der Waals surface area contributed by atoms with Crippen molar-refractivity contribution in [1.82, 2.24) is 4.31 Å². The van der Waals surface area contributed by atoms with Crippen LogP contribution in [0, 0.1) is 11.3 Å². The van der Waals surface area contributed by atoms with E-state index in [0.717, 1.165) is 21.7 Å². The lowest BCUT2D eigenvalue weighted by molar-refractivity contribution is -0.119. The van der Waals surface area contributed by atoms with Crippen molar-refractivity contribution in [2.75, 3.05) is 5.32 Å². The van der Waals surface area contributed by atoms with E-state index in [0.29, 0.717) is 18.5 Å². The summed E-state index contributed by atoms with van der Waals surface area (Å²) in [7, 11) is 0. The zero-order valence-electron chi connectivity index (χ0n) is 15.2. The van der Waals surface area contributed by atoms with Gasteiger partial charge in [-0.3, -0.25) is 4.79 Å². The minimum Gasteiger partial charge on any atom is -0.324 e. The molecule has 1 amide bonds. The molecule has 1 N–H and O–H groups in total. The topological polar surface area (TPSA) is 56.1 Å². The van der Waals surface area contributed by atoms with Crippen molar-refractivity contribution in [1.29, 1.82) is 5.26 Å². The van der Waals surface area contributed by atoms with Crippen molar-refractivity contribution in [3.63, 3.8) is 0 Å². The maximum atomic E-state index is 13.1. The van der Waals surface area contributed by atoms with Crippen LogP contribution in [0.15, 0.2) is 83.8 Å². The van der Waals surface area contributed by atoms with E-state index >= 15 is 0 Å². The fourth-order valence-electron chi connectivity index (χ4n) is 3.29. The fourth-order valence-corrected chi connectivity index (χ4v) is 4.34. The lowest BCUT2D eigenvalue weighted by atomic mass is 10.1. The molecule has 0 bridgehead atoms. The van der Waals surface area contributed by atoms with Crippen LogP contribution in [0.25, 0.3) is 0 Å². The van der Waals surface area contributed by atoms with Crippen molar-refractivity contribution >= 4 is 23.5 Å². The molecular weight excluding hydrogens is 366 g/mol. The van der Waals surface area contributed by atoms with Gasteiger partial charge in [0, 0.05) is 17.1 Å². The number of carbonyl (C=O) groups excluding carboxylic acids is 1. The molecule has 5 heteroatoms. The van der Waals surface area contributed by atoms with Gasteiger partial charge in [-0.1, -0.05) is 48.5 Å². The maximum Gasteiger partial charge on any atom is 0.243 e. The van der Waals surface area contributed by atoms with E-state index < -0.39 is 0 Å². The largest absolute Gasteiger partial charge is 0.324 e. The molecule has 4 nitrogen and oxygen atoms in total. The van der Waals surface area contributed by atoms with Gasteiger partial charge in [0.2, 0.25) is 5.91 Å². The van der Waals surface area contributed by atoms with Gasteiger partial charge in [0.25, 0.3) is 0 Å². The first-order valence-corrected chi connectivity index (χ1v) is 9.88. The van der Waals surface area contributed by atoms with Gasteiger partial charge in [-0.2, -0.15) is 5.26 Å². The molecular formula is C23H19N3OS. The Kier molecular flexibility index (Phi) is 5.43. The number of fused-ring (bicyclic) bond motifs is 1. The highest BCUT2D eigenvalue weighted by atomic mass is 32.2. The smallest absolute Gasteiger partial charge is 0.243 e. The highest BCUT2D eigenvalue weighted by molar-refractivity contribution is 7.97. The summed E-state index contributed by atoms with van der Waals surface area (Å²) >= 11 is 1.58. The highest BCUT2D eigenvalue weighted by Gasteiger charge is 2.31. The van der Waals surface area contributed by atoms with Crippen LogP contribution in [0.5, 0.6) is 0 Å². The number of nitrogens with zero attached hydrogens (tertiary/aromatic N) is 2. The second-order valence-corrected chi connectivity index (χ2v) is 7.78. The number of nitriles is 1. The maximum absolute atomic E-state index is 13.1. The molecule has 1 aliphatic heterocycles. The molecule has 0 radical (unpaired) electrons. The van der Waals surface area contributed by atoms with E-state index in [9.17, 15) is 10.1 Å². The molecule has 1 unspecified atom stereocenters. The lowest BCUT2D eigenvalue weighted by Gasteiger charge is -2.27. The van der Waals surface area contributed by atoms with Crippen LogP contribution in [0.4, 0.5) is 5.69 Å². The Morgan fingerprint density at radius 3 is 2.46 bits per heavy atom. The third kappa shape index (κ3) is 4.09. The number of anilines is 1. The number of hydrogen-bond donors (Lipinski definition) is 1. The SMILES string of the molecule is N#Cc1ccc2c(c1)CN(Sc1ccccc1)C(Cc1ccccc1)C(=O)N2. The summed E-state index contributed by atoms with van der Waals surface area (Å²) in [6.07, 6.45) is 0.617. The first kappa shape index (κ1) is 18.3. The van der Waals surface area contributed by atoms with Crippen LogP contribution in [0.1, 0.15) is 16.7 Å². The zero-order valence-corrected chi connectivity index (χ0v) is 16.0. The summed E-state index contributed by atoms with van der Waals surface area (Å²) < 4.78 is 2.12. The normalized spacial score (nSPS) is 16.5. The third-order valence-electron chi connectivity index (χ3n) is 4.71. The van der Waals surface area contributed by atoms with E-state index in [1.54, 1.807) is 18.0 Å². The third-order valence-corrected chi connectivity index (χ3v) is 5.81. The molecule has 1 heterocycles. The monoisotopic (exact) mass is 385 g/mol. The first-order valence-electron chi connectivity index (χ1n) is 9.10. The molecule has 138 valence electrons. The van der Waals surface area contributed by atoms with E-state index in [1.807, 2.05) is 72.8 Å². The Labute approximate surface area is 168 Å². The summed E-state index contributed by atoms with van der Waals surface area (Å²) in [5, 5.41) is 12.3. The second kappa shape index (κ2) is 8.30. The predicted molar refractivity (Wildman–Crippen MR) is 112 cm³/mol. The Morgan fingerprint density at radius 2 is 1.75 bits per heavy atom. The van der Waals surface area contributed by atoms with Gasteiger partial charge in [0.05, 0.1) is 11.6 Å². The van der Waals surface area contributed by atoms with Crippen molar-refractivity contribution in [2.24, 2.45) is 0 Å². The molecule has 0 spiro atoms. The van der Waals surface area contributed by atoms with Crippen LogP contribution >= 0.6 is 11.9 Å². The van der Waals surface area contributed by atoms with E-state index in [-0.39, 0.29) is 11.9 Å². The number of carbonyl (C=O) groups is 1. The molecule has 1 atom stereocenters. The van der Waals surface area contributed by atoms with E-state index in [2.05, 4.69) is 15.7 Å². The Morgan fingerprint density at radius 1 is 1.04 bits per heavy atom. The number of rotatable bonds is 4. The van der Waals surface area contributed by atoms with Gasteiger partial charge in [-0.25, -0.2) is 4.31 Å². The number of amides is 1. The number of benzene rings is 3. The van der Waals surface area contributed by atoms with Crippen molar-refractivity contribution in [3.8, 4) is 6.07 Å². The van der Waals surface area contributed by atoms with Crippen LogP contribution in [-0.2, 0) is 17.8 Å². The molecule has 1 aliphatic rings. The van der Waals surface area contributed by atoms with Crippen LogP contribution in [0.3, 0.4) is 0 Å². The van der Waals surface area contributed by atoms with Gasteiger partial charge in [0.1, 0.15) is 6.04 Å². The molecule has 28 heavy (non-hydrogen) atoms. The lowest BCUT2D eigenvalue weighted by Crippen LogP contribution is -2.39. The fraction of sp³-hybridized carbons (Fsp3) is 0.130. The summed E-state index contributed by atoms with van der Waals surface area (Å²) in [5.41, 5.74) is 3.44. The molecule has 0 aromatic heterocycles. The minimum absolute atomic E-state index is 0.0317. The minimum atomic E-state index is -0.328. The molecule has 0 saturated carbocycles. The van der Waals surface area contributed by atoms with E-state index in [1.165, 1.54) is 0 Å². The molecule has 0 saturated heterocycles. The number of nitrogens with one attached hydrogen (secondary N) is 1. The standard InChI is InChI=1S/C23H19N3OS/c24-15-18-11-12-21-19(13-18)16-26(28-20-9-5-2-6-10-20)22(23(27)25-21)14-17-7-3-1-4-8-17/h1-13,22H,14,16H2,(H,25,27). The van der Waals surface area contributed by atoms with Crippen molar-refractivity contribution in [3.05, 3.63) is 95.6 Å². The van der Waals surface area contributed by atoms with Crippen LogP contribution in [0.2, 0.25) is 0 Å². The summed E-state index contributed by atoms with van der Waals surface area (Å²) in [4.78, 5) is 14.2. The van der Waals surface area contributed by atoms with Gasteiger partial charge in [-0.05, 0) is 59.8 Å². The average molecular weight is 385 g/mol. The Balaban J connectivity index is 1.70. The molecule has 0 aliphatic carbocycles. The summed E-state index contributed by atoms with van der Waals surface area (Å²) in [6, 6.07) is 27.4. The Hall–Kier alpha value is -3.07. The zero-order chi connectivity index (χ0) is 19.3. The summed E-state index contributed by atoms with van der Waals surface area (Å²) in [5.74, 6) is -0.0317. The highest BCUT2D eigenvalue weighted by Crippen LogP contribution is 2.33. The molecule has 3 aromatic rings. The molecule has 0 fully saturated rings. The van der Waals surface area contributed by atoms with Crippen molar-refractivity contribution < 1.29 is 4.79 Å². The van der Waals surface area contributed by atoms with Crippen LogP contribution in [-0.4, -0.2) is 16.3 Å². The van der Waals surface area contributed by atoms with Gasteiger partial charge < -0.3 is 5.32 Å². The van der Waals surface area contributed by atoms with E-state index in [4.69, 9.17) is 0 Å². The predicted octanol–water partition coefficient (Wildman–Crippen LogP) is 4.63. The second-order valence-electron chi connectivity index (χ2n) is 6.66.